The second kappa shape index (κ2) is 11.3. The fourth-order valence-electron chi connectivity index (χ4n) is 3.61. The van der Waals surface area contributed by atoms with Crippen molar-refractivity contribution >= 4 is 40.2 Å². The molecule has 0 radical (unpaired) electrons. The third-order valence-electron chi connectivity index (χ3n) is 5.29. The third-order valence-corrected chi connectivity index (χ3v) is 5.66. The zero-order chi connectivity index (χ0) is 21.3. The lowest BCUT2D eigenvalue weighted by molar-refractivity contribution is -0.116. The van der Waals surface area contributed by atoms with Crippen LogP contribution in [0.5, 0.6) is 0 Å². The van der Waals surface area contributed by atoms with Crippen molar-refractivity contribution in [2.75, 3.05) is 25.1 Å². The summed E-state index contributed by atoms with van der Waals surface area (Å²) in [5.74, 6) is 0.791. The van der Waals surface area contributed by atoms with E-state index in [1.165, 1.54) is 0 Å². The van der Waals surface area contributed by atoms with Gasteiger partial charge in [0.2, 0.25) is 5.24 Å². The van der Waals surface area contributed by atoms with Crippen LogP contribution in [0.4, 0.5) is 10.5 Å². The molecule has 0 bridgehead atoms. The Kier molecular flexibility index (Phi) is 8.55. The standard InChI is InChI=1S/C23H25Cl2NO4/c24-20-9-5-18(6-10-20)19-7-11-21(12-8-19)26-23(28)30-14-17-3-1-16(2-4-17)13-29-15-22(25)27/h5-12,16-17H,1-4,13-15H2,(H,26,28). The monoisotopic (exact) mass is 449 g/mol. The van der Waals surface area contributed by atoms with Gasteiger partial charge in [-0.1, -0.05) is 35.9 Å². The average molecular weight is 450 g/mol. The van der Waals surface area contributed by atoms with Crippen molar-refractivity contribution in [3.63, 3.8) is 0 Å². The second-order valence-electron chi connectivity index (χ2n) is 7.56. The Hall–Kier alpha value is -2.08. The molecule has 0 atom stereocenters. The van der Waals surface area contributed by atoms with Crippen LogP contribution >= 0.6 is 23.2 Å². The minimum absolute atomic E-state index is 0.0363. The number of carbonyl (C=O) groups excluding carboxylic acids is 2. The Morgan fingerprint density at radius 1 is 0.867 bits per heavy atom. The first-order chi connectivity index (χ1) is 14.5. The number of ether oxygens (including phenoxy) is 2. The molecule has 2 aromatic rings. The van der Waals surface area contributed by atoms with Gasteiger partial charge in [-0.05, 0) is 84.5 Å². The minimum atomic E-state index is -0.470. The largest absolute Gasteiger partial charge is 0.449 e. The lowest BCUT2D eigenvalue weighted by Gasteiger charge is -2.27. The number of carbonyl (C=O) groups is 2. The molecule has 1 aliphatic rings. The predicted molar refractivity (Wildman–Crippen MR) is 119 cm³/mol. The van der Waals surface area contributed by atoms with E-state index in [1.54, 1.807) is 0 Å². The van der Waals surface area contributed by atoms with Crippen LogP contribution in [0.15, 0.2) is 48.5 Å². The average Bonchev–Trinajstić information content (AvgIpc) is 2.74. The molecule has 0 aliphatic heterocycles. The Bertz CT molecular complexity index is 831. The number of nitrogens with one attached hydrogen (secondary N) is 1. The summed E-state index contributed by atoms with van der Waals surface area (Å²) in [5.41, 5.74) is 2.79. The maximum atomic E-state index is 12.1. The number of amides is 1. The Balaban J connectivity index is 1.37. The summed E-state index contributed by atoms with van der Waals surface area (Å²) in [5, 5.41) is 3.00. The van der Waals surface area contributed by atoms with Crippen LogP contribution < -0.4 is 5.32 Å². The molecule has 1 aliphatic carbocycles. The van der Waals surface area contributed by atoms with Crippen molar-refractivity contribution in [2.24, 2.45) is 11.8 Å². The van der Waals surface area contributed by atoms with Gasteiger partial charge < -0.3 is 9.47 Å². The predicted octanol–water partition coefficient (Wildman–Crippen LogP) is 6.14. The highest BCUT2D eigenvalue weighted by Crippen LogP contribution is 2.29. The number of hydrogen-bond donors (Lipinski definition) is 1. The van der Waals surface area contributed by atoms with E-state index >= 15 is 0 Å². The Labute approximate surface area is 186 Å². The number of hydrogen-bond acceptors (Lipinski definition) is 4. The molecule has 2 aromatic carbocycles. The van der Waals surface area contributed by atoms with Gasteiger partial charge in [0.05, 0.1) is 13.2 Å². The summed E-state index contributed by atoms with van der Waals surface area (Å²) in [7, 11) is 0. The van der Waals surface area contributed by atoms with E-state index < -0.39 is 11.3 Å². The van der Waals surface area contributed by atoms with Gasteiger partial charge in [-0.15, -0.1) is 0 Å². The fourth-order valence-corrected chi connectivity index (χ4v) is 3.81. The van der Waals surface area contributed by atoms with Crippen molar-refractivity contribution < 1.29 is 19.1 Å². The normalized spacial score (nSPS) is 18.6. The molecule has 5 nitrogen and oxygen atoms in total. The van der Waals surface area contributed by atoms with Gasteiger partial charge in [0, 0.05) is 10.7 Å². The minimum Gasteiger partial charge on any atom is -0.449 e. The van der Waals surface area contributed by atoms with Crippen LogP contribution in [-0.2, 0) is 14.3 Å². The van der Waals surface area contributed by atoms with Crippen molar-refractivity contribution in [3.8, 4) is 11.1 Å². The molecule has 0 spiro atoms. The number of anilines is 1. The smallest absolute Gasteiger partial charge is 0.411 e. The van der Waals surface area contributed by atoms with Gasteiger partial charge in [-0.2, -0.15) is 0 Å². The van der Waals surface area contributed by atoms with E-state index in [4.69, 9.17) is 32.7 Å². The molecule has 1 fully saturated rings. The first kappa shape index (κ1) is 22.6. The maximum absolute atomic E-state index is 12.1. The van der Waals surface area contributed by atoms with E-state index in [-0.39, 0.29) is 6.61 Å². The van der Waals surface area contributed by atoms with Gasteiger partial charge in [0.15, 0.2) is 0 Å². The molecular weight excluding hydrogens is 425 g/mol. The summed E-state index contributed by atoms with van der Waals surface area (Å²) in [6.07, 6.45) is 3.51. The van der Waals surface area contributed by atoms with Gasteiger partial charge in [-0.3, -0.25) is 10.1 Å². The Morgan fingerprint density at radius 2 is 1.40 bits per heavy atom. The molecule has 1 amide bonds. The van der Waals surface area contributed by atoms with E-state index in [0.29, 0.717) is 35.8 Å². The van der Waals surface area contributed by atoms with Crippen molar-refractivity contribution in [1.82, 2.24) is 0 Å². The fraction of sp³-hybridized carbons (Fsp3) is 0.391. The summed E-state index contributed by atoms with van der Waals surface area (Å²) < 4.78 is 10.7. The highest BCUT2D eigenvalue weighted by molar-refractivity contribution is 6.63. The third kappa shape index (κ3) is 7.31. The topological polar surface area (TPSA) is 64.6 Å². The van der Waals surface area contributed by atoms with Crippen LogP contribution in [0.1, 0.15) is 25.7 Å². The highest BCUT2D eigenvalue weighted by Gasteiger charge is 2.22. The van der Waals surface area contributed by atoms with Crippen LogP contribution in [0.3, 0.4) is 0 Å². The summed E-state index contributed by atoms with van der Waals surface area (Å²) in [6, 6.07) is 15.2. The quantitative estimate of drug-likeness (QED) is 0.491. The van der Waals surface area contributed by atoms with Crippen LogP contribution in [-0.4, -0.2) is 31.2 Å². The molecule has 0 aromatic heterocycles. The Morgan fingerprint density at radius 3 is 1.97 bits per heavy atom. The maximum Gasteiger partial charge on any atom is 0.411 e. The first-order valence-corrected chi connectivity index (χ1v) is 10.8. The van der Waals surface area contributed by atoms with E-state index in [2.05, 4.69) is 5.32 Å². The van der Waals surface area contributed by atoms with E-state index in [0.717, 1.165) is 36.8 Å². The van der Waals surface area contributed by atoms with Gasteiger partial charge in [-0.25, -0.2) is 4.79 Å². The zero-order valence-corrected chi connectivity index (χ0v) is 18.1. The molecule has 0 heterocycles. The molecule has 0 unspecified atom stereocenters. The van der Waals surface area contributed by atoms with Crippen molar-refractivity contribution in [2.45, 2.75) is 25.7 Å². The first-order valence-electron chi connectivity index (χ1n) is 10.1. The lowest BCUT2D eigenvalue weighted by Crippen LogP contribution is -2.24. The van der Waals surface area contributed by atoms with E-state index in [1.807, 2.05) is 48.5 Å². The van der Waals surface area contributed by atoms with Crippen molar-refractivity contribution in [1.29, 1.82) is 0 Å². The molecule has 160 valence electrons. The molecular formula is C23H25Cl2NO4. The van der Waals surface area contributed by atoms with Crippen LogP contribution in [0.2, 0.25) is 5.02 Å². The van der Waals surface area contributed by atoms with E-state index in [9.17, 15) is 9.59 Å². The number of halogens is 2. The summed E-state index contributed by atoms with van der Waals surface area (Å²) in [4.78, 5) is 22.8. The van der Waals surface area contributed by atoms with Gasteiger partial charge in [0.1, 0.15) is 6.61 Å². The second-order valence-corrected chi connectivity index (χ2v) is 8.42. The highest BCUT2D eigenvalue weighted by atomic mass is 35.5. The molecule has 30 heavy (non-hydrogen) atoms. The SMILES string of the molecule is O=C(Cl)COCC1CCC(COC(=O)Nc2ccc(-c3ccc(Cl)cc3)cc2)CC1. The molecule has 1 N–H and O–H groups in total. The zero-order valence-electron chi connectivity index (χ0n) is 16.6. The summed E-state index contributed by atoms with van der Waals surface area (Å²) in [6.45, 7) is 0.923. The number of benzene rings is 2. The summed E-state index contributed by atoms with van der Waals surface area (Å²) >= 11 is 11.2. The lowest BCUT2D eigenvalue weighted by atomic mass is 9.83. The molecule has 0 saturated heterocycles. The van der Waals surface area contributed by atoms with Gasteiger partial charge >= 0.3 is 6.09 Å². The van der Waals surface area contributed by atoms with Crippen LogP contribution in [0, 0.1) is 11.8 Å². The van der Waals surface area contributed by atoms with Crippen molar-refractivity contribution in [3.05, 3.63) is 53.6 Å². The molecule has 7 heteroatoms. The molecule has 3 rings (SSSR count). The van der Waals surface area contributed by atoms with Crippen LogP contribution in [0.25, 0.3) is 11.1 Å². The number of rotatable bonds is 8. The molecule has 1 saturated carbocycles. The van der Waals surface area contributed by atoms with Gasteiger partial charge in [0.25, 0.3) is 0 Å².